The average molecular weight is 303 g/mol. The highest BCUT2D eigenvalue weighted by molar-refractivity contribution is 5.73. The lowest BCUT2D eigenvalue weighted by molar-refractivity contribution is -0.192. The van der Waals surface area contributed by atoms with Gasteiger partial charge in [-0.25, -0.2) is 4.79 Å². The second kappa shape index (κ2) is 6.93. The molecule has 0 bridgehead atoms. The molecule has 0 radical (unpaired) electrons. The first-order chi connectivity index (χ1) is 9.66. The van der Waals surface area contributed by atoms with E-state index in [1.807, 2.05) is 0 Å². The molecule has 2 rings (SSSR count). The Hall–Kier alpha value is -1.56. The molecule has 1 aliphatic rings. The van der Waals surface area contributed by atoms with Gasteiger partial charge in [-0.2, -0.15) is 13.2 Å². The summed E-state index contributed by atoms with van der Waals surface area (Å²) in [5.74, 6) is -1.96. The van der Waals surface area contributed by atoms with Crippen LogP contribution in [0.3, 0.4) is 0 Å². The molecule has 2 N–H and O–H groups in total. The summed E-state index contributed by atoms with van der Waals surface area (Å²) in [6.45, 7) is 4.45. The lowest BCUT2D eigenvalue weighted by Gasteiger charge is -2.36. The number of carboxylic acids is 1. The van der Waals surface area contributed by atoms with Crippen molar-refractivity contribution in [3.63, 3.8) is 0 Å². The number of benzene rings is 1. The standard InChI is InChI=1S/C13H19N.C2HF3O2/c1-9-5-4-6-13(10(9)2)11-7-12(8-11)14-3;3-2(4,5)1(6)7/h4-6,11-12,14H,7-8H2,1-3H3;(H,6,7). The fourth-order valence-corrected chi connectivity index (χ4v) is 2.32. The van der Waals surface area contributed by atoms with Crippen LogP contribution in [-0.2, 0) is 4.79 Å². The van der Waals surface area contributed by atoms with Crippen molar-refractivity contribution in [3.8, 4) is 0 Å². The summed E-state index contributed by atoms with van der Waals surface area (Å²) >= 11 is 0. The Kier molecular flexibility index (Phi) is 5.78. The Labute approximate surface area is 122 Å². The number of nitrogens with one attached hydrogen (secondary N) is 1. The third-order valence-electron chi connectivity index (χ3n) is 3.88. The van der Waals surface area contributed by atoms with Gasteiger partial charge in [0.25, 0.3) is 0 Å². The molecule has 1 fully saturated rings. The van der Waals surface area contributed by atoms with Crippen LogP contribution < -0.4 is 5.32 Å². The van der Waals surface area contributed by atoms with E-state index in [2.05, 4.69) is 44.4 Å². The normalized spacial score (nSPS) is 21.0. The summed E-state index contributed by atoms with van der Waals surface area (Å²) in [7, 11) is 2.06. The maximum atomic E-state index is 10.6. The molecule has 1 saturated carbocycles. The molecule has 0 unspecified atom stereocenters. The van der Waals surface area contributed by atoms with Gasteiger partial charge in [0.05, 0.1) is 0 Å². The SMILES string of the molecule is CNC1CC(c2cccc(C)c2C)C1.O=C(O)C(F)(F)F. The first-order valence-corrected chi connectivity index (χ1v) is 6.70. The number of halogens is 3. The molecule has 6 heteroatoms. The lowest BCUT2D eigenvalue weighted by Crippen LogP contribution is -2.37. The molecule has 3 nitrogen and oxygen atoms in total. The molecular weight excluding hydrogens is 283 g/mol. The summed E-state index contributed by atoms with van der Waals surface area (Å²) in [5.41, 5.74) is 4.49. The smallest absolute Gasteiger partial charge is 0.475 e. The van der Waals surface area contributed by atoms with E-state index in [9.17, 15) is 13.2 Å². The third kappa shape index (κ3) is 4.74. The summed E-state index contributed by atoms with van der Waals surface area (Å²) < 4.78 is 31.7. The predicted octanol–water partition coefficient (Wildman–Crippen LogP) is 3.40. The van der Waals surface area contributed by atoms with E-state index >= 15 is 0 Å². The van der Waals surface area contributed by atoms with Crippen LogP contribution in [-0.4, -0.2) is 30.3 Å². The van der Waals surface area contributed by atoms with Crippen LogP contribution in [0, 0.1) is 13.8 Å². The van der Waals surface area contributed by atoms with Gasteiger partial charge in [0, 0.05) is 6.04 Å². The number of hydrogen-bond acceptors (Lipinski definition) is 2. The summed E-state index contributed by atoms with van der Waals surface area (Å²) in [5, 5.41) is 10.5. The van der Waals surface area contributed by atoms with E-state index < -0.39 is 12.1 Å². The van der Waals surface area contributed by atoms with Gasteiger partial charge in [-0.05, 0) is 56.3 Å². The molecule has 0 aromatic heterocycles. The minimum atomic E-state index is -5.08. The van der Waals surface area contributed by atoms with Crippen LogP contribution in [0.15, 0.2) is 18.2 Å². The highest BCUT2D eigenvalue weighted by Crippen LogP contribution is 2.38. The molecule has 0 spiro atoms. The Morgan fingerprint density at radius 1 is 1.29 bits per heavy atom. The van der Waals surface area contributed by atoms with E-state index in [0.29, 0.717) is 0 Å². The van der Waals surface area contributed by atoms with Crippen molar-refractivity contribution >= 4 is 5.97 Å². The molecule has 1 aliphatic carbocycles. The van der Waals surface area contributed by atoms with E-state index in [4.69, 9.17) is 9.90 Å². The van der Waals surface area contributed by atoms with Gasteiger partial charge in [0.1, 0.15) is 0 Å². The topological polar surface area (TPSA) is 49.3 Å². The number of carboxylic acid groups (broad SMARTS) is 1. The van der Waals surface area contributed by atoms with Crippen LogP contribution in [0.25, 0.3) is 0 Å². The van der Waals surface area contributed by atoms with Crippen LogP contribution in [0.2, 0.25) is 0 Å². The molecule has 1 aromatic rings. The summed E-state index contributed by atoms with van der Waals surface area (Å²) in [6.07, 6.45) is -2.47. The quantitative estimate of drug-likeness (QED) is 0.880. The minimum absolute atomic E-state index is 0.750. The predicted molar refractivity (Wildman–Crippen MR) is 74.4 cm³/mol. The zero-order valence-electron chi connectivity index (χ0n) is 12.3. The van der Waals surface area contributed by atoms with Gasteiger partial charge in [0.15, 0.2) is 0 Å². The van der Waals surface area contributed by atoms with Crippen molar-refractivity contribution in [2.24, 2.45) is 0 Å². The Bertz CT molecular complexity index is 494. The maximum Gasteiger partial charge on any atom is 0.490 e. The van der Waals surface area contributed by atoms with Gasteiger partial charge in [0.2, 0.25) is 0 Å². The Morgan fingerprint density at radius 2 is 1.81 bits per heavy atom. The van der Waals surface area contributed by atoms with Crippen molar-refractivity contribution < 1.29 is 23.1 Å². The van der Waals surface area contributed by atoms with Crippen LogP contribution in [0.1, 0.15) is 35.4 Å². The van der Waals surface area contributed by atoms with E-state index in [0.717, 1.165) is 12.0 Å². The van der Waals surface area contributed by atoms with Gasteiger partial charge in [-0.3, -0.25) is 0 Å². The Balaban J connectivity index is 0.000000270. The van der Waals surface area contributed by atoms with Gasteiger partial charge >= 0.3 is 12.1 Å². The average Bonchev–Trinajstić information content (AvgIpc) is 2.32. The summed E-state index contributed by atoms with van der Waals surface area (Å²) in [6, 6.07) is 7.43. The highest BCUT2D eigenvalue weighted by Gasteiger charge is 2.38. The maximum absolute atomic E-state index is 10.6. The second-order valence-corrected chi connectivity index (χ2v) is 5.25. The second-order valence-electron chi connectivity index (χ2n) is 5.25. The minimum Gasteiger partial charge on any atom is -0.475 e. The largest absolute Gasteiger partial charge is 0.490 e. The number of carbonyl (C=O) groups is 1. The van der Waals surface area contributed by atoms with Gasteiger partial charge in [-0.15, -0.1) is 0 Å². The zero-order valence-corrected chi connectivity index (χ0v) is 12.3. The van der Waals surface area contributed by atoms with Crippen molar-refractivity contribution in [3.05, 3.63) is 34.9 Å². The van der Waals surface area contributed by atoms with Crippen molar-refractivity contribution in [1.82, 2.24) is 5.32 Å². The fourth-order valence-electron chi connectivity index (χ4n) is 2.32. The van der Waals surface area contributed by atoms with Gasteiger partial charge in [-0.1, -0.05) is 18.2 Å². The van der Waals surface area contributed by atoms with Crippen LogP contribution in [0.4, 0.5) is 13.2 Å². The summed E-state index contributed by atoms with van der Waals surface area (Å²) in [4.78, 5) is 8.90. The molecule has 0 amide bonds. The molecule has 0 atom stereocenters. The van der Waals surface area contributed by atoms with E-state index in [1.165, 1.54) is 24.0 Å². The van der Waals surface area contributed by atoms with Crippen LogP contribution >= 0.6 is 0 Å². The zero-order chi connectivity index (χ0) is 16.2. The van der Waals surface area contributed by atoms with Crippen molar-refractivity contribution in [2.45, 2.75) is 44.8 Å². The molecule has 21 heavy (non-hydrogen) atoms. The number of hydrogen-bond donors (Lipinski definition) is 2. The Morgan fingerprint density at radius 3 is 2.24 bits per heavy atom. The number of rotatable bonds is 2. The molecule has 0 saturated heterocycles. The van der Waals surface area contributed by atoms with Crippen molar-refractivity contribution in [1.29, 1.82) is 0 Å². The number of aryl methyl sites for hydroxylation is 1. The monoisotopic (exact) mass is 303 g/mol. The lowest BCUT2D eigenvalue weighted by atomic mass is 9.74. The van der Waals surface area contributed by atoms with Gasteiger partial charge < -0.3 is 10.4 Å². The highest BCUT2D eigenvalue weighted by atomic mass is 19.4. The van der Waals surface area contributed by atoms with E-state index in [-0.39, 0.29) is 0 Å². The van der Waals surface area contributed by atoms with E-state index in [1.54, 1.807) is 5.56 Å². The third-order valence-corrected chi connectivity index (χ3v) is 3.88. The fraction of sp³-hybridized carbons (Fsp3) is 0.533. The molecule has 118 valence electrons. The first-order valence-electron chi connectivity index (χ1n) is 6.70. The van der Waals surface area contributed by atoms with Crippen LogP contribution in [0.5, 0.6) is 0 Å². The first kappa shape index (κ1) is 17.5. The van der Waals surface area contributed by atoms with Crippen molar-refractivity contribution in [2.75, 3.05) is 7.05 Å². The molecule has 0 heterocycles. The molecule has 0 aliphatic heterocycles. The molecule has 1 aromatic carbocycles. The number of aliphatic carboxylic acids is 1. The number of alkyl halides is 3. The molecular formula is C15H20F3NO2.